The maximum atomic E-state index is 12.4. The van der Waals surface area contributed by atoms with Gasteiger partial charge in [-0.2, -0.15) is 0 Å². The Morgan fingerprint density at radius 3 is 2.38 bits per heavy atom. The largest absolute Gasteiger partial charge is 0.494 e. The fourth-order valence-electron chi connectivity index (χ4n) is 2.86. The zero-order valence-electron chi connectivity index (χ0n) is 17.5. The molecule has 0 fully saturated rings. The van der Waals surface area contributed by atoms with Crippen molar-refractivity contribution in [3.8, 4) is 5.75 Å². The van der Waals surface area contributed by atoms with Crippen LogP contribution < -0.4 is 10.1 Å². The van der Waals surface area contributed by atoms with E-state index in [-0.39, 0.29) is 5.75 Å². The first kappa shape index (κ1) is 22.7. The van der Waals surface area contributed by atoms with Crippen molar-refractivity contribution in [2.24, 2.45) is 4.99 Å². The first-order valence-electron chi connectivity index (χ1n) is 9.95. The standard InChI is InChI=1S/C22H31N3O3S/c1-4-23-22(25(3)18-19-12-14-20(15-13-19)28-5-2)24-16-9-17-29(26,27)21-10-7-6-8-11-21/h6-8,10-15H,4-5,9,16-18H2,1-3H3,(H,23,24). The van der Waals surface area contributed by atoms with Crippen molar-refractivity contribution < 1.29 is 13.2 Å². The SMILES string of the molecule is CCNC(=NCCCS(=O)(=O)c1ccccc1)N(C)Cc1ccc(OCC)cc1. The molecule has 2 aromatic carbocycles. The monoisotopic (exact) mass is 417 g/mol. The third kappa shape index (κ3) is 7.42. The Kier molecular flexibility index (Phi) is 8.99. The molecule has 0 aliphatic rings. The fourth-order valence-corrected chi connectivity index (χ4v) is 4.18. The van der Waals surface area contributed by atoms with Crippen molar-refractivity contribution in [2.75, 3.05) is 32.5 Å². The maximum absolute atomic E-state index is 12.4. The zero-order chi connectivity index (χ0) is 21.1. The molecule has 0 unspecified atom stereocenters. The fraction of sp³-hybridized carbons (Fsp3) is 0.409. The average Bonchev–Trinajstić information content (AvgIpc) is 2.72. The highest BCUT2D eigenvalue weighted by Gasteiger charge is 2.13. The van der Waals surface area contributed by atoms with Crippen LogP contribution in [0, 0.1) is 0 Å². The van der Waals surface area contributed by atoms with Crippen molar-refractivity contribution in [3.63, 3.8) is 0 Å². The van der Waals surface area contributed by atoms with Crippen LogP contribution in [0.25, 0.3) is 0 Å². The number of nitrogens with one attached hydrogen (secondary N) is 1. The van der Waals surface area contributed by atoms with Crippen LogP contribution in [0.15, 0.2) is 64.5 Å². The molecule has 0 saturated carbocycles. The van der Waals surface area contributed by atoms with Crippen molar-refractivity contribution >= 4 is 15.8 Å². The number of benzene rings is 2. The highest BCUT2D eigenvalue weighted by atomic mass is 32.2. The van der Waals surface area contributed by atoms with Crippen LogP contribution in [0.4, 0.5) is 0 Å². The molecule has 0 bridgehead atoms. The van der Waals surface area contributed by atoms with Crippen molar-refractivity contribution in [1.82, 2.24) is 10.2 Å². The molecule has 2 aromatic rings. The van der Waals surface area contributed by atoms with Crippen LogP contribution in [0.3, 0.4) is 0 Å². The van der Waals surface area contributed by atoms with E-state index in [0.717, 1.165) is 23.8 Å². The van der Waals surface area contributed by atoms with Gasteiger partial charge in [0.25, 0.3) is 0 Å². The lowest BCUT2D eigenvalue weighted by Gasteiger charge is -2.22. The third-order valence-corrected chi connectivity index (χ3v) is 6.10. The van der Waals surface area contributed by atoms with Gasteiger partial charge >= 0.3 is 0 Å². The van der Waals surface area contributed by atoms with Gasteiger partial charge in [0.1, 0.15) is 5.75 Å². The topological polar surface area (TPSA) is 71.0 Å². The molecule has 1 N–H and O–H groups in total. The molecule has 158 valence electrons. The zero-order valence-corrected chi connectivity index (χ0v) is 18.3. The summed E-state index contributed by atoms with van der Waals surface area (Å²) in [6.45, 7) is 6.51. The Hall–Kier alpha value is -2.54. The number of guanidine groups is 1. The summed E-state index contributed by atoms with van der Waals surface area (Å²) in [4.78, 5) is 6.99. The minimum Gasteiger partial charge on any atom is -0.494 e. The van der Waals surface area contributed by atoms with Gasteiger partial charge in [-0.15, -0.1) is 0 Å². The highest BCUT2D eigenvalue weighted by molar-refractivity contribution is 7.91. The normalized spacial score (nSPS) is 11.9. The molecule has 6 nitrogen and oxygen atoms in total. The Morgan fingerprint density at radius 1 is 1.07 bits per heavy atom. The van der Waals surface area contributed by atoms with Gasteiger partial charge < -0.3 is 15.0 Å². The van der Waals surface area contributed by atoms with Gasteiger partial charge in [-0.1, -0.05) is 30.3 Å². The summed E-state index contributed by atoms with van der Waals surface area (Å²) in [7, 11) is -1.29. The Bertz CT molecular complexity index is 866. The van der Waals surface area contributed by atoms with E-state index in [9.17, 15) is 8.42 Å². The van der Waals surface area contributed by atoms with Crippen LogP contribution in [-0.2, 0) is 16.4 Å². The minimum atomic E-state index is -3.26. The van der Waals surface area contributed by atoms with Crippen LogP contribution in [-0.4, -0.2) is 51.8 Å². The van der Waals surface area contributed by atoms with E-state index in [4.69, 9.17) is 4.74 Å². The third-order valence-electron chi connectivity index (χ3n) is 4.29. The first-order chi connectivity index (χ1) is 14.0. The van der Waals surface area contributed by atoms with Gasteiger partial charge in [-0.3, -0.25) is 4.99 Å². The predicted octanol–water partition coefficient (Wildman–Crippen LogP) is 3.35. The van der Waals surface area contributed by atoms with Crippen molar-refractivity contribution in [3.05, 3.63) is 60.2 Å². The number of sulfone groups is 1. The molecule has 0 atom stereocenters. The minimum absolute atomic E-state index is 0.0858. The molecule has 0 spiro atoms. The summed E-state index contributed by atoms with van der Waals surface area (Å²) in [6, 6.07) is 16.6. The van der Waals surface area contributed by atoms with Crippen LogP contribution in [0.1, 0.15) is 25.8 Å². The number of nitrogens with zero attached hydrogens (tertiary/aromatic N) is 2. The average molecular weight is 418 g/mol. The molecule has 0 saturated heterocycles. The smallest absolute Gasteiger partial charge is 0.193 e. The first-order valence-corrected chi connectivity index (χ1v) is 11.6. The second kappa shape index (κ2) is 11.5. The lowest BCUT2D eigenvalue weighted by Crippen LogP contribution is -2.38. The van der Waals surface area contributed by atoms with Gasteiger partial charge in [0, 0.05) is 26.7 Å². The molecule has 0 aliphatic heterocycles. The number of rotatable bonds is 10. The van der Waals surface area contributed by atoms with Crippen molar-refractivity contribution in [2.45, 2.75) is 31.7 Å². The van der Waals surface area contributed by atoms with E-state index in [1.165, 1.54) is 0 Å². The molecule has 29 heavy (non-hydrogen) atoms. The van der Waals surface area contributed by atoms with E-state index in [1.807, 2.05) is 56.1 Å². The van der Waals surface area contributed by atoms with E-state index in [1.54, 1.807) is 24.3 Å². The maximum Gasteiger partial charge on any atom is 0.193 e. The quantitative estimate of drug-likeness (QED) is 0.365. The molecule has 0 aromatic heterocycles. The molecule has 0 heterocycles. The van der Waals surface area contributed by atoms with Crippen LogP contribution >= 0.6 is 0 Å². The molecule has 0 aliphatic carbocycles. The Morgan fingerprint density at radius 2 is 1.76 bits per heavy atom. The van der Waals surface area contributed by atoms with Gasteiger partial charge in [0.05, 0.1) is 17.3 Å². The van der Waals surface area contributed by atoms with Gasteiger partial charge in [0.2, 0.25) is 0 Å². The summed E-state index contributed by atoms with van der Waals surface area (Å²) >= 11 is 0. The summed E-state index contributed by atoms with van der Waals surface area (Å²) in [5.74, 6) is 1.71. The number of aliphatic imine (C=N–C) groups is 1. The van der Waals surface area contributed by atoms with E-state index in [0.29, 0.717) is 31.0 Å². The number of ether oxygens (including phenoxy) is 1. The summed E-state index contributed by atoms with van der Waals surface area (Å²) in [5.41, 5.74) is 1.15. The lowest BCUT2D eigenvalue weighted by atomic mass is 10.2. The summed E-state index contributed by atoms with van der Waals surface area (Å²) in [6.07, 6.45) is 0.475. The van der Waals surface area contributed by atoms with Crippen LogP contribution in [0.2, 0.25) is 0 Å². The van der Waals surface area contributed by atoms with Gasteiger partial charge in [-0.05, 0) is 50.1 Å². The molecular formula is C22H31N3O3S. The van der Waals surface area contributed by atoms with E-state index >= 15 is 0 Å². The Labute approximate surface area is 174 Å². The highest BCUT2D eigenvalue weighted by Crippen LogP contribution is 2.14. The van der Waals surface area contributed by atoms with Gasteiger partial charge in [0.15, 0.2) is 15.8 Å². The lowest BCUT2D eigenvalue weighted by molar-refractivity contribution is 0.340. The molecular weight excluding hydrogens is 386 g/mol. The van der Waals surface area contributed by atoms with Crippen LogP contribution in [0.5, 0.6) is 5.75 Å². The van der Waals surface area contributed by atoms with Gasteiger partial charge in [-0.25, -0.2) is 8.42 Å². The summed E-state index contributed by atoms with van der Waals surface area (Å²) < 4.78 is 30.2. The Balaban J connectivity index is 1.92. The molecule has 7 heteroatoms. The second-order valence-corrected chi connectivity index (χ2v) is 8.76. The molecule has 0 radical (unpaired) electrons. The second-order valence-electron chi connectivity index (χ2n) is 6.65. The number of hydrogen-bond donors (Lipinski definition) is 1. The van der Waals surface area contributed by atoms with E-state index in [2.05, 4.69) is 10.3 Å². The van der Waals surface area contributed by atoms with Crippen molar-refractivity contribution in [1.29, 1.82) is 0 Å². The summed E-state index contributed by atoms with van der Waals surface area (Å²) in [5, 5.41) is 3.27. The number of hydrogen-bond acceptors (Lipinski definition) is 4. The molecule has 0 amide bonds. The molecule has 2 rings (SSSR count). The van der Waals surface area contributed by atoms with E-state index < -0.39 is 9.84 Å². The predicted molar refractivity (Wildman–Crippen MR) is 118 cm³/mol.